The van der Waals surface area contributed by atoms with Gasteiger partial charge in [-0.1, -0.05) is 76.4 Å². The number of hydrogen-bond donors (Lipinski definition) is 1. The van der Waals surface area contributed by atoms with Crippen LogP contribution < -0.4 is 15.1 Å². The largest absolute Gasteiger partial charge is 0.307 e. The van der Waals surface area contributed by atoms with E-state index >= 15 is 0 Å². The van der Waals surface area contributed by atoms with E-state index in [1.54, 1.807) is 9.80 Å². The minimum atomic E-state index is -0.445. The number of carbonyl (C=O) groups is 4. The lowest BCUT2D eigenvalue weighted by molar-refractivity contribution is -0.116. The van der Waals surface area contributed by atoms with E-state index in [1.165, 1.54) is 22.7 Å². The third kappa shape index (κ3) is 4.89. The summed E-state index contributed by atoms with van der Waals surface area (Å²) in [4.78, 5) is 58.3. The minimum absolute atomic E-state index is 0.163. The highest BCUT2D eigenvalue weighted by Crippen LogP contribution is 2.52. The second-order valence-electron chi connectivity index (χ2n) is 9.56. The van der Waals surface area contributed by atoms with E-state index < -0.39 is 11.7 Å². The van der Waals surface area contributed by atoms with E-state index in [-0.39, 0.29) is 11.8 Å². The van der Waals surface area contributed by atoms with Gasteiger partial charge in [-0.15, -0.1) is 22.7 Å². The number of thioether (sulfide) groups is 1. The van der Waals surface area contributed by atoms with Crippen LogP contribution in [-0.2, 0) is 14.4 Å². The Morgan fingerprint density at radius 2 is 1.32 bits per heavy atom. The van der Waals surface area contributed by atoms with E-state index in [4.69, 9.17) is 12.2 Å². The molecular formula is C27H29N3O4S4. The maximum atomic E-state index is 13.5. The molecule has 38 heavy (non-hydrogen) atoms. The number of nitrogens with zero attached hydrogens (tertiary/aromatic N) is 2. The van der Waals surface area contributed by atoms with Crippen molar-refractivity contribution in [3.8, 4) is 9.75 Å². The summed E-state index contributed by atoms with van der Waals surface area (Å²) in [6, 6.07) is 3.91. The SMILES string of the molecule is CCCCCCN1C(=O)C(=O)c2sc(-c3cc4c(s3)/C(=C3\SC(=S)NC3=O)C(=O)N4CCCCCC)cc21. The van der Waals surface area contributed by atoms with Crippen LogP contribution in [0.3, 0.4) is 0 Å². The molecule has 0 atom stereocenters. The number of thiophene rings is 2. The van der Waals surface area contributed by atoms with Gasteiger partial charge in [0.1, 0.15) is 9.20 Å². The van der Waals surface area contributed by atoms with Crippen LogP contribution in [0.2, 0.25) is 0 Å². The van der Waals surface area contributed by atoms with Crippen molar-refractivity contribution in [2.75, 3.05) is 22.9 Å². The molecule has 3 aliphatic rings. The lowest BCUT2D eigenvalue weighted by Gasteiger charge is -2.16. The maximum Gasteiger partial charge on any atom is 0.300 e. The number of nitrogens with one attached hydrogen (secondary N) is 1. The van der Waals surface area contributed by atoms with Crippen LogP contribution >= 0.6 is 46.7 Å². The lowest BCUT2D eigenvalue weighted by Crippen LogP contribution is -2.30. The number of hydrogen-bond acceptors (Lipinski definition) is 8. The third-order valence-electron chi connectivity index (χ3n) is 6.90. The van der Waals surface area contributed by atoms with E-state index in [9.17, 15) is 19.2 Å². The number of carbonyl (C=O) groups excluding carboxylic acids is 4. The molecule has 5 rings (SSSR count). The summed E-state index contributed by atoms with van der Waals surface area (Å²) in [5.41, 5.74) is 1.89. The maximum absolute atomic E-state index is 13.5. The van der Waals surface area contributed by atoms with Crippen molar-refractivity contribution >= 4 is 91.4 Å². The Labute approximate surface area is 239 Å². The number of ketones is 1. The van der Waals surface area contributed by atoms with Crippen molar-refractivity contribution in [1.82, 2.24) is 5.32 Å². The summed E-state index contributed by atoms with van der Waals surface area (Å²) in [6.45, 7) is 5.40. The Hall–Kier alpha value is -2.34. The molecule has 2 aromatic heterocycles. The number of anilines is 2. The third-order valence-corrected chi connectivity index (χ3v) is 10.6. The first-order valence-corrected chi connectivity index (χ1v) is 15.9. The van der Waals surface area contributed by atoms with Crippen molar-refractivity contribution in [1.29, 1.82) is 0 Å². The molecule has 5 heterocycles. The molecule has 11 heteroatoms. The molecule has 0 aromatic carbocycles. The zero-order valence-corrected chi connectivity index (χ0v) is 24.7. The van der Waals surface area contributed by atoms with Gasteiger partial charge in [0, 0.05) is 22.8 Å². The molecule has 0 spiro atoms. The molecule has 1 saturated heterocycles. The molecule has 7 nitrogen and oxygen atoms in total. The molecule has 0 aliphatic carbocycles. The molecule has 200 valence electrons. The number of rotatable bonds is 11. The van der Waals surface area contributed by atoms with Gasteiger partial charge in [0.25, 0.3) is 23.5 Å². The van der Waals surface area contributed by atoms with Gasteiger partial charge < -0.3 is 15.1 Å². The van der Waals surface area contributed by atoms with Crippen LogP contribution in [0.1, 0.15) is 79.8 Å². The normalized spacial score (nSPS) is 18.7. The highest BCUT2D eigenvalue weighted by atomic mass is 32.2. The average Bonchev–Trinajstić information content (AvgIpc) is 3.67. The topological polar surface area (TPSA) is 86.8 Å². The molecule has 3 amide bonds. The Kier molecular flexibility index (Phi) is 8.18. The van der Waals surface area contributed by atoms with Crippen molar-refractivity contribution in [3.63, 3.8) is 0 Å². The number of amides is 3. The second kappa shape index (κ2) is 11.4. The standard InChI is InChI=1S/C27H29N3O4S4/c1-3-5-7-9-11-29-15-13-17(36-21(15)19(25(29)33)23-24(32)28-27(35)38-23)18-14-16-22(37-18)20(31)26(34)30(16)12-10-8-6-4-2/h13-14H,3-12H2,1-2H3,(H,28,32,35)/b23-19+. The first kappa shape index (κ1) is 27.2. The summed E-state index contributed by atoms with van der Waals surface area (Å²) in [5.74, 6) is -1.39. The van der Waals surface area contributed by atoms with Crippen molar-refractivity contribution in [2.24, 2.45) is 0 Å². The predicted octanol–water partition coefficient (Wildman–Crippen LogP) is 6.37. The van der Waals surface area contributed by atoms with Crippen LogP contribution in [0.5, 0.6) is 0 Å². The number of unbranched alkanes of at least 4 members (excludes halogenated alkanes) is 6. The second-order valence-corrected chi connectivity index (χ2v) is 13.4. The van der Waals surface area contributed by atoms with Crippen molar-refractivity contribution in [2.45, 2.75) is 65.2 Å². The molecule has 0 radical (unpaired) electrons. The van der Waals surface area contributed by atoms with Gasteiger partial charge in [0.2, 0.25) is 0 Å². The fourth-order valence-electron chi connectivity index (χ4n) is 4.94. The van der Waals surface area contributed by atoms with Gasteiger partial charge in [-0.2, -0.15) is 0 Å². The summed E-state index contributed by atoms with van der Waals surface area (Å²) in [7, 11) is 0. The Balaban J connectivity index is 1.49. The first-order valence-electron chi connectivity index (χ1n) is 13.1. The fraction of sp³-hybridized carbons (Fsp3) is 0.444. The highest BCUT2D eigenvalue weighted by molar-refractivity contribution is 8.27. The van der Waals surface area contributed by atoms with E-state index in [0.29, 0.717) is 38.5 Å². The zero-order valence-electron chi connectivity index (χ0n) is 21.4. The molecule has 2 aromatic rings. The van der Waals surface area contributed by atoms with Gasteiger partial charge in [-0.05, 0) is 25.0 Å². The number of fused-ring (bicyclic) bond motifs is 2. The molecular weight excluding hydrogens is 559 g/mol. The molecule has 0 unspecified atom stereocenters. The fourth-order valence-corrected chi connectivity index (χ4v) is 8.48. The Morgan fingerprint density at radius 1 is 0.763 bits per heavy atom. The Morgan fingerprint density at radius 3 is 1.87 bits per heavy atom. The number of thiocarbonyl (C=S) groups is 1. The van der Waals surface area contributed by atoms with Crippen molar-refractivity contribution in [3.05, 3.63) is 26.8 Å². The molecule has 0 bridgehead atoms. The van der Waals surface area contributed by atoms with Gasteiger partial charge in [-0.3, -0.25) is 19.2 Å². The van der Waals surface area contributed by atoms with Crippen LogP contribution in [-0.4, -0.2) is 40.9 Å². The lowest BCUT2D eigenvalue weighted by atomic mass is 10.2. The van der Waals surface area contributed by atoms with E-state index in [0.717, 1.165) is 83.4 Å². The molecule has 0 saturated carbocycles. The van der Waals surface area contributed by atoms with E-state index in [1.807, 2.05) is 12.1 Å². The summed E-state index contributed by atoms with van der Waals surface area (Å²) >= 11 is 9.09. The first-order chi connectivity index (χ1) is 18.3. The van der Waals surface area contributed by atoms with Gasteiger partial charge in [-0.25, -0.2) is 0 Å². The smallest absolute Gasteiger partial charge is 0.300 e. The van der Waals surface area contributed by atoms with E-state index in [2.05, 4.69) is 19.2 Å². The van der Waals surface area contributed by atoms with Gasteiger partial charge in [0.15, 0.2) is 0 Å². The van der Waals surface area contributed by atoms with Crippen LogP contribution in [0.15, 0.2) is 17.0 Å². The van der Waals surface area contributed by atoms with Gasteiger partial charge >= 0.3 is 0 Å². The summed E-state index contributed by atoms with van der Waals surface area (Å²) < 4.78 is 0.349. The van der Waals surface area contributed by atoms with Gasteiger partial charge in [0.05, 0.1) is 26.7 Å². The van der Waals surface area contributed by atoms with Crippen LogP contribution in [0.4, 0.5) is 11.4 Å². The van der Waals surface area contributed by atoms with Crippen molar-refractivity contribution < 1.29 is 19.2 Å². The molecule has 1 fully saturated rings. The highest BCUT2D eigenvalue weighted by Gasteiger charge is 2.42. The minimum Gasteiger partial charge on any atom is -0.307 e. The number of Topliss-reactive ketones (excluding diaryl/α,β-unsaturated/α-hetero) is 1. The predicted molar refractivity (Wildman–Crippen MR) is 160 cm³/mol. The summed E-state index contributed by atoms with van der Waals surface area (Å²) in [6.07, 6.45) is 8.20. The Bertz CT molecular complexity index is 1370. The summed E-state index contributed by atoms with van der Waals surface area (Å²) in [5, 5.41) is 2.63. The quantitative estimate of drug-likeness (QED) is 0.142. The van der Waals surface area contributed by atoms with Crippen LogP contribution in [0, 0.1) is 0 Å². The molecule has 1 N–H and O–H groups in total. The molecule has 3 aliphatic heterocycles. The monoisotopic (exact) mass is 587 g/mol. The average molecular weight is 588 g/mol. The zero-order chi connectivity index (χ0) is 27.0. The van der Waals surface area contributed by atoms with Crippen LogP contribution in [0.25, 0.3) is 15.3 Å².